The van der Waals surface area contributed by atoms with Crippen molar-refractivity contribution in [3.63, 3.8) is 0 Å². The molecule has 2 aromatic heterocycles. The molecule has 0 spiro atoms. The van der Waals surface area contributed by atoms with Crippen molar-refractivity contribution in [1.29, 1.82) is 0 Å². The number of hydrogen-bond acceptors (Lipinski definition) is 6. The van der Waals surface area contributed by atoms with E-state index in [4.69, 9.17) is 21.9 Å². The van der Waals surface area contributed by atoms with Crippen LogP contribution in [0.25, 0.3) is 0 Å². The van der Waals surface area contributed by atoms with Crippen molar-refractivity contribution in [2.45, 2.75) is 26.7 Å². The molecule has 1 amide bonds. The van der Waals surface area contributed by atoms with E-state index in [2.05, 4.69) is 20.7 Å². The highest BCUT2D eigenvalue weighted by Gasteiger charge is 2.12. The average molecular weight is 310 g/mol. The largest absolute Gasteiger partial charge is 0.368 e. The van der Waals surface area contributed by atoms with Gasteiger partial charge in [0.05, 0.1) is 11.3 Å². The molecule has 0 aliphatic carbocycles. The van der Waals surface area contributed by atoms with Crippen LogP contribution in [0, 0.1) is 13.8 Å². The van der Waals surface area contributed by atoms with Gasteiger partial charge in [-0.3, -0.25) is 4.79 Å². The molecule has 2 rings (SSSR count). The van der Waals surface area contributed by atoms with Crippen LogP contribution in [0.5, 0.6) is 0 Å². The van der Waals surface area contributed by atoms with Crippen molar-refractivity contribution < 1.29 is 9.32 Å². The topological polar surface area (TPSA) is 107 Å². The smallest absolute Gasteiger partial charge is 0.252 e. The Morgan fingerprint density at radius 2 is 2.19 bits per heavy atom. The standard InChI is InChI=1S/C13H16ClN5O2/c1-7-9(8(2)21-19-7)4-3-5-16-13-10(12(15)20)6-11(14)17-18-13/h6H,3-5H2,1-2H3,(H2,15,20)(H,16,18). The van der Waals surface area contributed by atoms with Crippen LogP contribution < -0.4 is 11.1 Å². The van der Waals surface area contributed by atoms with Crippen molar-refractivity contribution >= 4 is 23.3 Å². The zero-order valence-corrected chi connectivity index (χ0v) is 12.6. The molecule has 0 aliphatic rings. The zero-order chi connectivity index (χ0) is 15.4. The van der Waals surface area contributed by atoms with Gasteiger partial charge in [0.1, 0.15) is 5.76 Å². The van der Waals surface area contributed by atoms with Crippen molar-refractivity contribution in [2.75, 3.05) is 11.9 Å². The first kappa shape index (κ1) is 15.2. The first-order valence-corrected chi connectivity index (χ1v) is 6.85. The summed E-state index contributed by atoms with van der Waals surface area (Å²) in [6, 6.07) is 1.40. The maximum Gasteiger partial charge on any atom is 0.252 e. The van der Waals surface area contributed by atoms with Gasteiger partial charge in [-0.2, -0.15) is 0 Å². The Balaban J connectivity index is 1.94. The third-order valence-corrected chi connectivity index (χ3v) is 3.29. The normalized spacial score (nSPS) is 10.6. The van der Waals surface area contributed by atoms with Crippen LogP contribution in [-0.4, -0.2) is 27.8 Å². The number of aryl methyl sites for hydroxylation is 2. The number of rotatable bonds is 6. The molecule has 112 valence electrons. The van der Waals surface area contributed by atoms with E-state index in [0.29, 0.717) is 12.4 Å². The fourth-order valence-electron chi connectivity index (χ4n) is 2.02. The van der Waals surface area contributed by atoms with E-state index in [1.54, 1.807) is 0 Å². The van der Waals surface area contributed by atoms with Gasteiger partial charge >= 0.3 is 0 Å². The summed E-state index contributed by atoms with van der Waals surface area (Å²) in [5.41, 5.74) is 7.51. The zero-order valence-electron chi connectivity index (χ0n) is 11.8. The summed E-state index contributed by atoms with van der Waals surface area (Å²) in [7, 11) is 0. The minimum Gasteiger partial charge on any atom is -0.368 e. The maximum absolute atomic E-state index is 11.3. The molecule has 0 radical (unpaired) electrons. The van der Waals surface area contributed by atoms with Crippen LogP contribution >= 0.6 is 11.6 Å². The number of halogens is 1. The van der Waals surface area contributed by atoms with Gasteiger partial charge in [0.25, 0.3) is 5.91 Å². The van der Waals surface area contributed by atoms with Gasteiger partial charge < -0.3 is 15.6 Å². The van der Waals surface area contributed by atoms with E-state index in [9.17, 15) is 4.79 Å². The second-order valence-corrected chi connectivity index (χ2v) is 5.01. The number of primary amides is 1. The second kappa shape index (κ2) is 6.53. The third kappa shape index (κ3) is 3.69. The van der Waals surface area contributed by atoms with Crippen molar-refractivity contribution in [3.05, 3.63) is 33.8 Å². The van der Waals surface area contributed by atoms with Gasteiger partial charge in [-0.25, -0.2) is 0 Å². The van der Waals surface area contributed by atoms with Crippen LogP contribution in [0.15, 0.2) is 10.6 Å². The predicted molar refractivity (Wildman–Crippen MR) is 78.3 cm³/mol. The summed E-state index contributed by atoms with van der Waals surface area (Å²) in [6.07, 6.45) is 1.65. The summed E-state index contributed by atoms with van der Waals surface area (Å²) >= 11 is 5.70. The van der Waals surface area contributed by atoms with Crippen LogP contribution in [0.1, 0.15) is 33.8 Å². The Labute approximate surface area is 126 Å². The summed E-state index contributed by atoms with van der Waals surface area (Å²) < 4.78 is 5.11. The molecule has 21 heavy (non-hydrogen) atoms. The molecule has 2 aromatic rings. The fourth-order valence-corrected chi connectivity index (χ4v) is 2.16. The summed E-state index contributed by atoms with van der Waals surface area (Å²) in [6.45, 7) is 4.41. The highest BCUT2D eigenvalue weighted by Crippen LogP contribution is 2.16. The molecule has 3 N–H and O–H groups in total. The van der Waals surface area contributed by atoms with Crippen molar-refractivity contribution in [2.24, 2.45) is 5.73 Å². The Bertz CT molecular complexity index is 637. The Morgan fingerprint density at radius 1 is 1.43 bits per heavy atom. The first-order valence-electron chi connectivity index (χ1n) is 6.47. The monoisotopic (exact) mass is 309 g/mol. The Kier molecular flexibility index (Phi) is 4.74. The average Bonchev–Trinajstić information content (AvgIpc) is 2.75. The number of anilines is 1. The molecular formula is C13H16ClN5O2. The lowest BCUT2D eigenvalue weighted by Gasteiger charge is -2.08. The SMILES string of the molecule is Cc1noc(C)c1CCCNc1nnc(Cl)cc1C(N)=O. The fraction of sp³-hybridized carbons (Fsp3) is 0.385. The summed E-state index contributed by atoms with van der Waals surface area (Å²) in [5, 5.41) is 14.6. The van der Waals surface area contributed by atoms with E-state index in [1.807, 2.05) is 13.8 Å². The molecule has 0 aliphatic heterocycles. The van der Waals surface area contributed by atoms with Gasteiger partial charge in [0.15, 0.2) is 11.0 Å². The molecular weight excluding hydrogens is 294 g/mol. The molecule has 0 bridgehead atoms. The van der Waals surface area contributed by atoms with Crippen molar-refractivity contribution in [3.8, 4) is 0 Å². The number of nitrogens with two attached hydrogens (primary N) is 1. The molecule has 0 fully saturated rings. The van der Waals surface area contributed by atoms with E-state index in [1.165, 1.54) is 6.07 Å². The van der Waals surface area contributed by atoms with Crippen LogP contribution in [0.4, 0.5) is 5.82 Å². The number of nitrogens with one attached hydrogen (secondary N) is 1. The molecule has 8 heteroatoms. The number of carbonyl (C=O) groups is 1. The van der Waals surface area contributed by atoms with E-state index in [-0.39, 0.29) is 10.7 Å². The Hall–Kier alpha value is -2.15. The maximum atomic E-state index is 11.3. The lowest BCUT2D eigenvalue weighted by molar-refractivity contribution is 0.100. The van der Waals surface area contributed by atoms with Gasteiger partial charge in [-0.15, -0.1) is 10.2 Å². The third-order valence-electron chi connectivity index (χ3n) is 3.11. The molecule has 0 saturated carbocycles. The number of nitrogens with zero attached hydrogens (tertiary/aromatic N) is 3. The first-order chi connectivity index (χ1) is 9.99. The van der Waals surface area contributed by atoms with E-state index < -0.39 is 5.91 Å². The van der Waals surface area contributed by atoms with Crippen molar-refractivity contribution in [1.82, 2.24) is 15.4 Å². The predicted octanol–water partition coefficient (Wildman–Crippen LogP) is 1.88. The minimum absolute atomic E-state index is 0.130. The summed E-state index contributed by atoms with van der Waals surface area (Å²) in [4.78, 5) is 11.3. The highest BCUT2D eigenvalue weighted by molar-refractivity contribution is 6.29. The Morgan fingerprint density at radius 3 is 2.81 bits per heavy atom. The number of amides is 1. The lowest BCUT2D eigenvalue weighted by Crippen LogP contribution is -2.17. The van der Waals surface area contributed by atoms with Gasteiger partial charge in [0.2, 0.25) is 0 Å². The quantitative estimate of drug-likeness (QED) is 0.789. The molecule has 7 nitrogen and oxygen atoms in total. The van der Waals surface area contributed by atoms with Gasteiger partial charge in [0, 0.05) is 12.1 Å². The molecule has 0 saturated heterocycles. The molecule has 0 aromatic carbocycles. The second-order valence-electron chi connectivity index (χ2n) is 4.63. The molecule has 2 heterocycles. The number of aromatic nitrogens is 3. The van der Waals surface area contributed by atoms with Crippen LogP contribution in [0.3, 0.4) is 0 Å². The molecule has 0 unspecified atom stereocenters. The van der Waals surface area contributed by atoms with Crippen LogP contribution in [0.2, 0.25) is 5.15 Å². The van der Waals surface area contributed by atoms with Gasteiger partial charge in [-0.1, -0.05) is 16.8 Å². The van der Waals surface area contributed by atoms with E-state index >= 15 is 0 Å². The number of carbonyl (C=O) groups excluding carboxylic acids is 1. The van der Waals surface area contributed by atoms with E-state index in [0.717, 1.165) is 29.9 Å². The molecule has 0 atom stereocenters. The summed E-state index contributed by atoms with van der Waals surface area (Å²) in [5.74, 6) is 0.572. The van der Waals surface area contributed by atoms with Crippen LogP contribution in [-0.2, 0) is 6.42 Å². The number of hydrogen-bond donors (Lipinski definition) is 2. The lowest BCUT2D eigenvalue weighted by atomic mass is 10.1. The van der Waals surface area contributed by atoms with Gasteiger partial charge in [-0.05, 0) is 32.8 Å². The minimum atomic E-state index is -0.597. The highest BCUT2D eigenvalue weighted by atomic mass is 35.5.